The third-order valence-corrected chi connectivity index (χ3v) is 6.38. The van der Waals surface area contributed by atoms with Crippen LogP contribution in [0.25, 0.3) is 11.3 Å². The highest BCUT2D eigenvalue weighted by Gasteiger charge is 2.42. The molecule has 0 unspecified atom stereocenters. The number of pyridine rings is 1. The van der Waals surface area contributed by atoms with Gasteiger partial charge < -0.3 is 5.32 Å². The number of rotatable bonds is 6. The predicted octanol–water partition coefficient (Wildman–Crippen LogP) is 3.69. The van der Waals surface area contributed by atoms with E-state index in [2.05, 4.69) is 20.7 Å². The van der Waals surface area contributed by atoms with E-state index in [0.717, 1.165) is 48.0 Å². The van der Waals surface area contributed by atoms with Crippen LogP contribution in [-0.2, 0) is 11.2 Å². The summed E-state index contributed by atoms with van der Waals surface area (Å²) in [5, 5.41) is 6.38. The second kappa shape index (κ2) is 7.01. The van der Waals surface area contributed by atoms with Gasteiger partial charge in [-0.3, -0.25) is 9.78 Å². The van der Waals surface area contributed by atoms with Gasteiger partial charge in [-0.2, -0.15) is 0 Å². The second-order valence-electron chi connectivity index (χ2n) is 7.04. The Morgan fingerprint density at radius 1 is 1.25 bits per heavy atom. The maximum atomic E-state index is 12.3. The van der Waals surface area contributed by atoms with Crippen molar-refractivity contribution in [1.29, 1.82) is 0 Å². The number of nitrogens with zero attached hydrogens (tertiary/aromatic N) is 2. The number of amides is 1. The minimum Gasteiger partial charge on any atom is -0.356 e. The van der Waals surface area contributed by atoms with Gasteiger partial charge in [0, 0.05) is 42.2 Å². The molecule has 3 atom stereocenters. The van der Waals surface area contributed by atoms with Crippen molar-refractivity contribution in [2.45, 2.75) is 38.5 Å². The standard InChI is InChI=1S/C19H23N3OS/c23-19(16-11-13-3-4-15(16)10-13)21-7-1-2-18-22-17(12-24-18)14-5-8-20-9-6-14/h5-6,8-9,12-13,15-16H,1-4,7,10-11H2,(H,21,23)/t13-,15-,16-/m0/s1. The zero-order valence-electron chi connectivity index (χ0n) is 13.8. The van der Waals surface area contributed by atoms with Crippen LogP contribution >= 0.6 is 11.3 Å². The lowest BCUT2D eigenvalue weighted by Crippen LogP contribution is -2.34. The molecule has 2 bridgehead atoms. The van der Waals surface area contributed by atoms with Gasteiger partial charge in [-0.25, -0.2) is 4.98 Å². The van der Waals surface area contributed by atoms with Crippen molar-refractivity contribution in [3.8, 4) is 11.3 Å². The van der Waals surface area contributed by atoms with Gasteiger partial charge in [0.25, 0.3) is 0 Å². The fraction of sp³-hybridized carbons (Fsp3) is 0.526. The molecule has 0 aliphatic heterocycles. The molecule has 2 fully saturated rings. The van der Waals surface area contributed by atoms with Crippen molar-refractivity contribution < 1.29 is 4.79 Å². The van der Waals surface area contributed by atoms with Crippen LogP contribution in [0.2, 0.25) is 0 Å². The van der Waals surface area contributed by atoms with Gasteiger partial charge in [-0.05, 0) is 49.7 Å². The molecule has 2 aromatic rings. The molecule has 1 amide bonds. The monoisotopic (exact) mass is 341 g/mol. The lowest BCUT2D eigenvalue weighted by Gasteiger charge is -2.20. The van der Waals surface area contributed by atoms with Gasteiger partial charge in [0.2, 0.25) is 5.91 Å². The molecule has 2 aliphatic carbocycles. The largest absolute Gasteiger partial charge is 0.356 e. The maximum absolute atomic E-state index is 12.3. The van der Waals surface area contributed by atoms with E-state index in [1.807, 2.05) is 12.1 Å². The maximum Gasteiger partial charge on any atom is 0.223 e. The van der Waals surface area contributed by atoms with Crippen LogP contribution in [0.4, 0.5) is 0 Å². The average Bonchev–Trinajstić information content (AvgIpc) is 3.35. The van der Waals surface area contributed by atoms with Gasteiger partial charge in [0.1, 0.15) is 0 Å². The summed E-state index contributed by atoms with van der Waals surface area (Å²) in [7, 11) is 0. The number of fused-ring (bicyclic) bond motifs is 2. The molecule has 1 N–H and O–H groups in total. The first-order valence-corrected chi connectivity index (χ1v) is 9.80. The Kier molecular flexibility index (Phi) is 4.60. The summed E-state index contributed by atoms with van der Waals surface area (Å²) in [6.07, 6.45) is 10.5. The summed E-state index contributed by atoms with van der Waals surface area (Å²) in [6, 6.07) is 3.96. The van der Waals surface area contributed by atoms with Crippen molar-refractivity contribution in [3.63, 3.8) is 0 Å². The van der Waals surface area contributed by atoms with E-state index in [1.54, 1.807) is 23.7 Å². The molecule has 0 radical (unpaired) electrons. The summed E-state index contributed by atoms with van der Waals surface area (Å²) in [6.45, 7) is 0.761. The lowest BCUT2D eigenvalue weighted by atomic mass is 9.88. The third-order valence-electron chi connectivity index (χ3n) is 5.47. The van der Waals surface area contributed by atoms with E-state index in [1.165, 1.54) is 19.3 Å². The van der Waals surface area contributed by atoms with Crippen LogP contribution in [0.1, 0.15) is 37.1 Å². The van der Waals surface area contributed by atoms with Gasteiger partial charge in [0.05, 0.1) is 10.7 Å². The number of nitrogens with one attached hydrogen (secondary N) is 1. The Balaban J connectivity index is 1.22. The van der Waals surface area contributed by atoms with Crippen LogP contribution in [0.15, 0.2) is 29.9 Å². The van der Waals surface area contributed by atoms with E-state index < -0.39 is 0 Å². The highest BCUT2D eigenvalue weighted by Crippen LogP contribution is 2.48. The van der Waals surface area contributed by atoms with Gasteiger partial charge in [0.15, 0.2) is 0 Å². The van der Waals surface area contributed by atoms with E-state index in [9.17, 15) is 4.79 Å². The highest BCUT2D eigenvalue weighted by molar-refractivity contribution is 7.09. The SMILES string of the molecule is O=C(NCCCc1nc(-c2ccncc2)cs1)[C@H]1C[C@H]2CC[C@H]1C2. The molecule has 24 heavy (non-hydrogen) atoms. The number of aryl methyl sites for hydroxylation is 1. The van der Waals surface area contributed by atoms with Crippen LogP contribution in [0.5, 0.6) is 0 Å². The minimum atomic E-state index is 0.291. The zero-order valence-corrected chi connectivity index (χ0v) is 14.6. The molecule has 4 rings (SSSR count). The average molecular weight is 341 g/mol. The van der Waals surface area contributed by atoms with Crippen molar-refractivity contribution in [1.82, 2.24) is 15.3 Å². The van der Waals surface area contributed by atoms with Gasteiger partial charge >= 0.3 is 0 Å². The Labute approximate surface area is 146 Å². The van der Waals surface area contributed by atoms with E-state index in [0.29, 0.717) is 17.7 Å². The van der Waals surface area contributed by atoms with Crippen LogP contribution < -0.4 is 5.32 Å². The molecule has 2 aliphatic rings. The van der Waals surface area contributed by atoms with Gasteiger partial charge in [-0.1, -0.05) is 6.42 Å². The second-order valence-corrected chi connectivity index (χ2v) is 7.98. The highest BCUT2D eigenvalue weighted by atomic mass is 32.1. The quantitative estimate of drug-likeness (QED) is 0.815. The molecular weight excluding hydrogens is 318 g/mol. The molecule has 0 saturated heterocycles. The molecule has 2 aromatic heterocycles. The number of carbonyl (C=O) groups is 1. The number of thiazole rings is 1. The summed E-state index contributed by atoms with van der Waals surface area (Å²) in [5.74, 6) is 2.07. The van der Waals surface area contributed by atoms with Crippen LogP contribution in [0, 0.1) is 17.8 Å². The zero-order chi connectivity index (χ0) is 16.4. The fourth-order valence-electron chi connectivity index (χ4n) is 4.23. The Morgan fingerprint density at radius 2 is 2.12 bits per heavy atom. The van der Waals surface area contributed by atoms with E-state index >= 15 is 0 Å². The number of hydrogen-bond acceptors (Lipinski definition) is 4. The smallest absolute Gasteiger partial charge is 0.223 e. The third kappa shape index (κ3) is 3.36. The van der Waals surface area contributed by atoms with Crippen LogP contribution in [-0.4, -0.2) is 22.4 Å². The topological polar surface area (TPSA) is 54.9 Å². The summed E-state index contributed by atoms with van der Waals surface area (Å²) < 4.78 is 0. The molecule has 4 nitrogen and oxygen atoms in total. The molecular formula is C19H23N3OS. The molecule has 0 aromatic carbocycles. The summed E-state index contributed by atoms with van der Waals surface area (Å²) >= 11 is 1.69. The van der Waals surface area contributed by atoms with E-state index in [4.69, 9.17) is 0 Å². The molecule has 0 spiro atoms. The van der Waals surface area contributed by atoms with Crippen molar-refractivity contribution in [3.05, 3.63) is 34.9 Å². The van der Waals surface area contributed by atoms with Crippen molar-refractivity contribution >= 4 is 17.2 Å². The molecule has 126 valence electrons. The Morgan fingerprint density at radius 3 is 2.88 bits per heavy atom. The van der Waals surface area contributed by atoms with Crippen LogP contribution in [0.3, 0.4) is 0 Å². The van der Waals surface area contributed by atoms with E-state index in [-0.39, 0.29) is 0 Å². The normalized spacial score (nSPS) is 25.1. The summed E-state index contributed by atoms with van der Waals surface area (Å²) in [5.41, 5.74) is 2.13. The van der Waals surface area contributed by atoms with Gasteiger partial charge in [-0.15, -0.1) is 11.3 Å². The first-order valence-electron chi connectivity index (χ1n) is 8.92. The molecule has 2 heterocycles. The van der Waals surface area contributed by atoms with Crippen molar-refractivity contribution in [2.75, 3.05) is 6.54 Å². The fourth-order valence-corrected chi connectivity index (χ4v) is 5.08. The Bertz CT molecular complexity index is 700. The first-order chi connectivity index (χ1) is 11.8. The number of carbonyl (C=O) groups excluding carboxylic acids is 1. The van der Waals surface area contributed by atoms with Crippen molar-refractivity contribution in [2.24, 2.45) is 17.8 Å². The Hall–Kier alpha value is -1.75. The number of aromatic nitrogens is 2. The predicted molar refractivity (Wildman–Crippen MR) is 95.6 cm³/mol. The summed E-state index contributed by atoms with van der Waals surface area (Å²) in [4.78, 5) is 21.0. The first kappa shape index (κ1) is 15.8. The molecule has 5 heteroatoms. The molecule has 2 saturated carbocycles. The lowest BCUT2D eigenvalue weighted by molar-refractivity contribution is -0.126. The number of hydrogen-bond donors (Lipinski definition) is 1. The minimum absolute atomic E-state index is 0.291.